The smallest absolute Gasteiger partial charge is 0.319 e. The zero-order chi connectivity index (χ0) is 25.0. The fraction of sp³-hybridized carbons (Fsp3) is 0.300. The standard InChI is InChI=1S/C18H12ClF6N5O.C2H6/c1-9(17(20,21)22)30-8-10(6-27-30)12-3-2-4-13(28-12)16(31)29-14-5-11(19)7-26-15(14)18(23,24)25;1-2/h2-9H,1H3,(H,29,31);1-2H3. The third-order valence-electron chi connectivity index (χ3n) is 4.12. The third-order valence-corrected chi connectivity index (χ3v) is 4.33. The monoisotopic (exact) mass is 493 g/mol. The van der Waals surface area contributed by atoms with Crippen LogP contribution in [0.5, 0.6) is 0 Å². The first-order valence-electron chi connectivity index (χ1n) is 9.48. The van der Waals surface area contributed by atoms with Gasteiger partial charge < -0.3 is 5.32 Å². The molecule has 33 heavy (non-hydrogen) atoms. The molecule has 1 unspecified atom stereocenters. The van der Waals surface area contributed by atoms with Crippen molar-refractivity contribution in [2.24, 2.45) is 0 Å². The van der Waals surface area contributed by atoms with E-state index in [2.05, 4.69) is 20.4 Å². The number of hydrogen-bond donors (Lipinski definition) is 1. The zero-order valence-electron chi connectivity index (χ0n) is 17.5. The van der Waals surface area contributed by atoms with E-state index in [1.807, 2.05) is 13.8 Å². The quantitative estimate of drug-likeness (QED) is 0.426. The molecule has 0 aromatic carbocycles. The van der Waals surface area contributed by atoms with E-state index in [0.29, 0.717) is 4.68 Å². The van der Waals surface area contributed by atoms with Gasteiger partial charge >= 0.3 is 12.4 Å². The highest BCUT2D eigenvalue weighted by Gasteiger charge is 2.38. The van der Waals surface area contributed by atoms with Gasteiger partial charge in [-0.15, -0.1) is 0 Å². The van der Waals surface area contributed by atoms with Gasteiger partial charge in [0, 0.05) is 18.0 Å². The maximum atomic E-state index is 13.1. The highest BCUT2D eigenvalue weighted by atomic mass is 35.5. The lowest BCUT2D eigenvalue weighted by molar-refractivity contribution is -0.165. The molecule has 6 nitrogen and oxygen atoms in total. The molecule has 1 N–H and O–H groups in total. The van der Waals surface area contributed by atoms with Crippen LogP contribution in [-0.4, -0.2) is 31.8 Å². The van der Waals surface area contributed by atoms with E-state index in [1.54, 1.807) is 0 Å². The van der Waals surface area contributed by atoms with Crippen molar-refractivity contribution < 1.29 is 31.1 Å². The van der Waals surface area contributed by atoms with E-state index in [-0.39, 0.29) is 22.0 Å². The Morgan fingerprint density at radius 3 is 2.39 bits per heavy atom. The molecule has 3 aromatic heterocycles. The molecule has 0 fully saturated rings. The highest BCUT2D eigenvalue weighted by molar-refractivity contribution is 6.30. The van der Waals surface area contributed by atoms with E-state index in [0.717, 1.165) is 31.6 Å². The number of alkyl halides is 6. The molecule has 3 rings (SSSR count). The minimum absolute atomic E-state index is 0.105. The van der Waals surface area contributed by atoms with Crippen LogP contribution in [0.4, 0.5) is 32.0 Å². The second-order valence-corrected chi connectivity index (χ2v) is 6.77. The normalized spacial score (nSPS) is 12.5. The number of nitrogens with zero attached hydrogens (tertiary/aromatic N) is 4. The second-order valence-electron chi connectivity index (χ2n) is 6.34. The predicted molar refractivity (Wildman–Crippen MR) is 110 cm³/mol. The van der Waals surface area contributed by atoms with E-state index in [9.17, 15) is 31.1 Å². The molecule has 0 aliphatic heterocycles. The average molecular weight is 494 g/mol. The van der Waals surface area contributed by atoms with Crippen molar-refractivity contribution in [2.75, 3.05) is 5.32 Å². The first-order chi connectivity index (χ1) is 15.4. The average Bonchev–Trinajstić information content (AvgIpc) is 3.23. The number of anilines is 1. The number of nitrogens with one attached hydrogen (secondary N) is 1. The van der Waals surface area contributed by atoms with Gasteiger partial charge in [-0.3, -0.25) is 9.48 Å². The summed E-state index contributed by atoms with van der Waals surface area (Å²) in [6.07, 6.45) is -6.33. The molecular weight excluding hydrogens is 476 g/mol. The van der Waals surface area contributed by atoms with Gasteiger partial charge in [-0.2, -0.15) is 31.4 Å². The maximum absolute atomic E-state index is 13.1. The van der Waals surface area contributed by atoms with Crippen molar-refractivity contribution in [1.29, 1.82) is 0 Å². The van der Waals surface area contributed by atoms with Crippen LogP contribution in [0, 0.1) is 0 Å². The second kappa shape index (κ2) is 10.2. The number of amides is 1. The minimum atomic E-state index is -4.84. The Kier molecular flexibility index (Phi) is 8.06. The summed E-state index contributed by atoms with van der Waals surface area (Å²) >= 11 is 5.68. The van der Waals surface area contributed by atoms with Crippen LogP contribution >= 0.6 is 11.6 Å². The van der Waals surface area contributed by atoms with Gasteiger partial charge in [-0.05, 0) is 25.1 Å². The molecule has 1 amide bonds. The largest absolute Gasteiger partial charge is 0.435 e. The van der Waals surface area contributed by atoms with Gasteiger partial charge in [-0.1, -0.05) is 31.5 Å². The van der Waals surface area contributed by atoms with Crippen molar-refractivity contribution in [2.45, 2.75) is 39.2 Å². The Bertz CT molecular complexity index is 1110. The summed E-state index contributed by atoms with van der Waals surface area (Å²) in [5.41, 5.74) is -1.99. The molecule has 0 aliphatic carbocycles. The molecule has 3 aromatic rings. The van der Waals surface area contributed by atoms with Gasteiger partial charge in [-0.25, -0.2) is 9.97 Å². The van der Waals surface area contributed by atoms with Crippen LogP contribution in [0.1, 0.15) is 43.0 Å². The molecule has 0 aliphatic rings. The van der Waals surface area contributed by atoms with Crippen LogP contribution in [-0.2, 0) is 6.18 Å². The van der Waals surface area contributed by atoms with Gasteiger partial charge in [0.2, 0.25) is 0 Å². The first kappa shape index (κ1) is 26.1. The number of carbonyl (C=O) groups excluding carboxylic acids is 1. The van der Waals surface area contributed by atoms with E-state index >= 15 is 0 Å². The van der Waals surface area contributed by atoms with Crippen LogP contribution < -0.4 is 5.32 Å². The number of aromatic nitrogens is 4. The lowest BCUT2D eigenvalue weighted by atomic mass is 10.2. The van der Waals surface area contributed by atoms with Gasteiger partial charge in [0.15, 0.2) is 5.69 Å². The SMILES string of the molecule is CC.CC(n1cc(-c2cccc(C(=O)Nc3cc(Cl)cnc3C(F)(F)F)n2)cn1)C(F)(F)F. The molecule has 0 bridgehead atoms. The Morgan fingerprint density at radius 2 is 1.79 bits per heavy atom. The molecular formula is C20H18ClF6N5O. The molecule has 178 valence electrons. The number of pyridine rings is 2. The summed E-state index contributed by atoms with van der Waals surface area (Å²) in [5, 5.41) is 5.59. The lowest BCUT2D eigenvalue weighted by Gasteiger charge is -2.15. The van der Waals surface area contributed by atoms with Crippen LogP contribution in [0.15, 0.2) is 42.9 Å². The summed E-state index contributed by atoms with van der Waals surface area (Å²) in [5.74, 6) is -0.993. The van der Waals surface area contributed by atoms with E-state index in [1.165, 1.54) is 18.2 Å². The Labute approximate surface area is 189 Å². The zero-order valence-corrected chi connectivity index (χ0v) is 18.2. The van der Waals surface area contributed by atoms with Gasteiger partial charge in [0.05, 0.1) is 22.6 Å². The first-order valence-corrected chi connectivity index (χ1v) is 9.86. The summed E-state index contributed by atoms with van der Waals surface area (Å²) < 4.78 is 78.5. The Morgan fingerprint density at radius 1 is 1.12 bits per heavy atom. The van der Waals surface area contributed by atoms with Gasteiger partial charge in [0.25, 0.3) is 5.91 Å². The molecule has 0 saturated heterocycles. The molecule has 13 heteroatoms. The minimum Gasteiger partial charge on any atom is -0.319 e. The molecule has 0 spiro atoms. The fourth-order valence-corrected chi connectivity index (χ4v) is 2.66. The van der Waals surface area contributed by atoms with Crippen LogP contribution in [0.2, 0.25) is 5.02 Å². The van der Waals surface area contributed by atoms with Crippen molar-refractivity contribution in [3.8, 4) is 11.3 Å². The lowest BCUT2D eigenvalue weighted by Crippen LogP contribution is -2.23. The maximum Gasteiger partial charge on any atom is 0.435 e. The summed E-state index contributed by atoms with van der Waals surface area (Å²) in [6.45, 7) is 4.92. The summed E-state index contributed by atoms with van der Waals surface area (Å²) in [6, 6.07) is 3.03. The number of rotatable bonds is 4. The third kappa shape index (κ3) is 6.44. The van der Waals surface area contributed by atoms with Crippen molar-refractivity contribution in [3.05, 3.63) is 59.3 Å². The molecule has 0 saturated carbocycles. The number of carbonyl (C=O) groups is 1. The Hall–Kier alpha value is -3.15. The Balaban J connectivity index is 0.00000187. The van der Waals surface area contributed by atoms with Crippen LogP contribution in [0.3, 0.4) is 0 Å². The van der Waals surface area contributed by atoms with Gasteiger partial charge in [0.1, 0.15) is 11.7 Å². The predicted octanol–water partition coefficient (Wildman–Crippen LogP) is 6.41. The van der Waals surface area contributed by atoms with Crippen molar-refractivity contribution >= 4 is 23.2 Å². The molecule has 1 atom stereocenters. The summed E-state index contributed by atoms with van der Waals surface area (Å²) in [4.78, 5) is 19.7. The fourth-order valence-electron chi connectivity index (χ4n) is 2.50. The molecule has 3 heterocycles. The van der Waals surface area contributed by atoms with Crippen LogP contribution in [0.25, 0.3) is 11.3 Å². The summed E-state index contributed by atoms with van der Waals surface area (Å²) in [7, 11) is 0. The van der Waals surface area contributed by atoms with Crippen molar-refractivity contribution in [1.82, 2.24) is 19.7 Å². The number of halogens is 7. The van der Waals surface area contributed by atoms with E-state index in [4.69, 9.17) is 11.6 Å². The topological polar surface area (TPSA) is 72.7 Å². The van der Waals surface area contributed by atoms with E-state index < -0.39 is 35.7 Å². The highest BCUT2D eigenvalue weighted by Crippen LogP contribution is 2.34. The molecule has 0 radical (unpaired) electrons. The number of hydrogen-bond acceptors (Lipinski definition) is 4. The van der Waals surface area contributed by atoms with Crippen molar-refractivity contribution in [3.63, 3.8) is 0 Å².